The number of hydrogen-bond donors (Lipinski definition) is 1. The normalized spacial score (nSPS) is 21.0. The second-order valence-electron chi connectivity index (χ2n) is 3.99. The number of hydrogen-bond acceptors (Lipinski definition) is 3. The van der Waals surface area contributed by atoms with Gasteiger partial charge in [0.15, 0.2) is 0 Å². The Balaban J connectivity index is 1.92. The van der Waals surface area contributed by atoms with E-state index >= 15 is 0 Å². The first kappa shape index (κ1) is 12.3. The summed E-state index contributed by atoms with van der Waals surface area (Å²) >= 11 is 2.11. The zero-order valence-corrected chi connectivity index (χ0v) is 10.0. The van der Waals surface area contributed by atoms with Crippen LogP contribution in [0.4, 0.5) is 0 Å². The Morgan fingerprint density at radius 2 is 2.14 bits per heavy atom. The van der Waals surface area contributed by atoms with Crippen LogP contribution in [0.15, 0.2) is 0 Å². The van der Waals surface area contributed by atoms with E-state index in [0.717, 1.165) is 24.9 Å². The highest BCUT2D eigenvalue weighted by Gasteiger charge is 2.13. The van der Waals surface area contributed by atoms with Crippen LogP contribution >= 0.6 is 11.8 Å². The molecule has 1 aliphatic heterocycles. The summed E-state index contributed by atoms with van der Waals surface area (Å²) in [7, 11) is 0. The Morgan fingerprint density at radius 3 is 2.79 bits per heavy atom. The molecule has 1 rings (SSSR count). The highest BCUT2D eigenvalue weighted by atomic mass is 32.2. The molecule has 0 aromatic heterocycles. The predicted octanol–water partition coefficient (Wildman–Crippen LogP) is 2.42. The molecule has 1 atom stereocenters. The number of nitrogens with two attached hydrogens (primary N) is 1. The van der Waals surface area contributed by atoms with Gasteiger partial charge in [0, 0.05) is 24.5 Å². The van der Waals surface area contributed by atoms with Crippen molar-refractivity contribution in [2.45, 2.75) is 50.3 Å². The molecule has 1 aliphatic rings. The van der Waals surface area contributed by atoms with Gasteiger partial charge in [0.05, 0.1) is 0 Å². The lowest BCUT2D eigenvalue weighted by molar-refractivity contribution is 0.100. The maximum atomic E-state index is 5.86. The highest BCUT2D eigenvalue weighted by Crippen LogP contribution is 2.23. The fraction of sp³-hybridized carbons (Fsp3) is 1.00. The molecule has 1 unspecified atom stereocenters. The van der Waals surface area contributed by atoms with Crippen molar-refractivity contribution in [1.29, 1.82) is 0 Å². The van der Waals surface area contributed by atoms with Crippen LogP contribution < -0.4 is 5.73 Å². The zero-order chi connectivity index (χ0) is 10.2. The van der Waals surface area contributed by atoms with Gasteiger partial charge in [-0.1, -0.05) is 6.92 Å². The maximum absolute atomic E-state index is 5.86. The summed E-state index contributed by atoms with van der Waals surface area (Å²) in [6, 6.07) is 0.422. The lowest BCUT2D eigenvalue weighted by Crippen LogP contribution is -2.20. The van der Waals surface area contributed by atoms with Crippen molar-refractivity contribution in [2.24, 2.45) is 5.73 Å². The lowest BCUT2D eigenvalue weighted by Gasteiger charge is -2.21. The summed E-state index contributed by atoms with van der Waals surface area (Å²) in [6.45, 7) is 4.09. The van der Waals surface area contributed by atoms with Gasteiger partial charge >= 0.3 is 0 Å². The summed E-state index contributed by atoms with van der Waals surface area (Å²) in [6.07, 6.45) is 6.06. The van der Waals surface area contributed by atoms with Gasteiger partial charge in [-0.15, -0.1) is 0 Å². The molecule has 0 aromatic carbocycles. The SMILES string of the molecule is CCC(N)CCCSC1CCOCC1. The summed E-state index contributed by atoms with van der Waals surface area (Å²) in [5, 5.41) is 0.849. The van der Waals surface area contributed by atoms with E-state index < -0.39 is 0 Å². The number of thioether (sulfide) groups is 1. The summed E-state index contributed by atoms with van der Waals surface area (Å²) in [5.74, 6) is 1.28. The van der Waals surface area contributed by atoms with Gasteiger partial charge in [-0.05, 0) is 37.9 Å². The van der Waals surface area contributed by atoms with Gasteiger partial charge in [-0.3, -0.25) is 0 Å². The van der Waals surface area contributed by atoms with E-state index in [4.69, 9.17) is 10.5 Å². The molecule has 0 radical (unpaired) electrons. The van der Waals surface area contributed by atoms with Crippen molar-refractivity contribution in [3.05, 3.63) is 0 Å². The first-order chi connectivity index (χ1) is 6.83. The van der Waals surface area contributed by atoms with E-state index in [0.29, 0.717) is 6.04 Å². The molecule has 0 amide bonds. The molecular weight excluding hydrogens is 194 g/mol. The van der Waals surface area contributed by atoms with Crippen LogP contribution in [0.25, 0.3) is 0 Å². The first-order valence-electron chi connectivity index (χ1n) is 5.78. The lowest BCUT2D eigenvalue weighted by atomic mass is 10.1. The molecule has 0 spiro atoms. The van der Waals surface area contributed by atoms with E-state index in [1.54, 1.807) is 0 Å². The van der Waals surface area contributed by atoms with Crippen molar-refractivity contribution >= 4 is 11.8 Å². The molecule has 2 N–H and O–H groups in total. The quantitative estimate of drug-likeness (QED) is 0.694. The molecule has 0 aliphatic carbocycles. The van der Waals surface area contributed by atoms with E-state index in [2.05, 4.69) is 18.7 Å². The minimum atomic E-state index is 0.422. The standard InChI is InChI=1S/C11H23NOS/c1-2-10(12)4-3-9-14-11-5-7-13-8-6-11/h10-11H,2-9,12H2,1H3. The molecule has 14 heavy (non-hydrogen) atoms. The van der Waals surface area contributed by atoms with Crippen LogP contribution in [-0.4, -0.2) is 30.3 Å². The molecule has 0 aromatic rings. The summed E-state index contributed by atoms with van der Waals surface area (Å²) in [5.41, 5.74) is 5.86. The second-order valence-corrected chi connectivity index (χ2v) is 5.40. The van der Waals surface area contributed by atoms with Crippen molar-refractivity contribution in [3.63, 3.8) is 0 Å². The molecule has 1 fully saturated rings. The molecule has 0 bridgehead atoms. The Bertz CT molecular complexity index is 137. The van der Waals surface area contributed by atoms with Gasteiger partial charge in [0.1, 0.15) is 0 Å². The number of ether oxygens (including phenoxy) is 1. The Morgan fingerprint density at radius 1 is 1.43 bits per heavy atom. The van der Waals surface area contributed by atoms with Crippen molar-refractivity contribution in [2.75, 3.05) is 19.0 Å². The minimum absolute atomic E-state index is 0.422. The van der Waals surface area contributed by atoms with Crippen LogP contribution in [-0.2, 0) is 4.74 Å². The van der Waals surface area contributed by atoms with Gasteiger partial charge in [0.25, 0.3) is 0 Å². The van der Waals surface area contributed by atoms with Crippen LogP contribution in [0.5, 0.6) is 0 Å². The summed E-state index contributed by atoms with van der Waals surface area (Å²) < 4.78 is 5.33. The van der Waals surface area contributed by atoms with Crippen molar-refractivity contribution in [3.8, 4) is 0 Å². The Hall–Kier alpha value is 0.270. The van der Waals surface area contributed by atoms with E-state index in [1.807, 2.05) is 0 Å². The minimum Gasteiger partial charge on any atom is -0.381 e. The highest BCUT2D eigenvalue weighted by molar-refractivity contribution is 7.99. The van der Waals surface area contributed by atoms with Crippen LogP contribution in [0.1, 0.15) is 39.0 Å². The van der Waals surface area contributed by atoms with Crippen LogP contribution in [0.3, 0.4) is 0 Å². The van der Waals surface area contributed by atoms with Gasteiger partial charge in [-0.25, -0.2) is 0 Å². The van der Waals surface area contributed by atoms with Crippen molar-refractivity contribution < 1.29 is 4.74 Å². The van der Waals surface area contributed by atoms with E-state index in [-0.39, 0.29) is 0 Å². The third-order valence-electron chi connectivity index (χ3n) is 2.77. The predicted molar refractivity (Wildman–Crippen MR) is 63.8 cm³/mol. The Labute approximate surface area is 92.0 Å². The van der Waals surface area contributed by atoms with Gasteiger partial charge < -0.3 is 10.5 Å². The fourth-order valence-corrected chi connectivity index (χ4v) is 2.83. The monoisotopic (exact) mass is 217 g/mol. The fourth-order valence-electron chi connectivity index (χ4n) is 1.64. The molecular formula is C11H23NOS. The van der Waals surface area contributed by atoms with E-state index in [1.165, 1.54) is 31.4 Å². The smallest absolute Gasteiger partial charge is 0.0476 e. The van der Waals surface area contributed by atoms with Crippen LogP contribution in [0.2, 0.25) is 0 Å². The molecule has 3 heteroatoms. The third-order valence-corrected chi connectivity index (χ3v) is 4.23. The molecule has 0 saturated carbocycles. The topological polar surface area (TPSA) is 35.2 Å². The summed E-state index contributed by atoms with van der Waals surface area (Å²) in [4.78, 5) is 0. The Kier molecular flexibility index (Phi) is 6.65. The second kappa shape index (κ2) is 7.55. The maximum Gasteiger partial charge on any atom is 0.0476 e. The first-order valence-corrected chi connectivity index (χ1v) is 6.82. The van der Waals surface area contributed by atoms with Crippen LogP contribution in [0, 0.1) is 0 Å². The molecule has 84 valence electrons. The van der Waals surface area contributed by atoms with Gasteiger partial charge in [0.2, 0.25) is 0 Å². The molecule has 2 nitrogen and oxygen atoms in total. The average molecular weight is 217 g/mol. The third kappa shape index (κ3) is 5.23. The molecule has 1 heterocycles. The largest absolute Gasteiger partial charge is 0.381 e. The molecule has 1 saturated heterocycles. The van der Waals surface area contributed by atoms with E-state index in [9.17, 15) is 0 Å². The number of rotatable bonds is 6. The average Bonchev–Trinajstić information content (AvgIpc) is 2.25. The van der Waals surface area contributed by atoms with Crippen molar-refractivity contribution in [1.82, 2.24) is 0 Å². The van der Waals surface area contributed by atoms with Gasteiger partial charge in [-0.2, -0.15) is 11.8 Å². The zero-order valence-electron chi connectivity index (χ0n) is 9.21.